The van der Waals surface area contributed by atoms with Crippen LogP contribution in [0.3, 0.4) is 0 Å². The van der Waals surface area contributed by atoms with Gasteiger partial charge in [0.15, 0.2) is 5.13 Å². The van der Waals surface area contributed by atoms with Gasteiger partial charge in [-0.05, 0) is 12.8 Å². The minimum Gasteiger partial charge on any atom is -0.288 e. The van der Waals surface area contributed by atoms with Gasteiger partial charge in [-0.3, -0.25) is 9.69 Å². The fourth-order valence-electron chi connectivity index (χ4n) is 1.44. The standard InChI is InChI=1S/C9H12N2OS/c1-2-7-6-10-9(13-7)11-5-3-4-8(11)12/h6H,2-5H2,1H3. The molecule has 0 aliphatic carbocycles. The highest BCUT2D eigenvalue weighted by Gasteiger charge is 2.23. The highest BCUT2D eigenvalue weighted by molar-refractivity contribution is 7.15. The van der Waals surface area contributed by atoms with E-state index in [0.717, 1.165) is 24.5 Å². The van der Waals surface area contributed by atoms with Crippen molar-refractivity contribution in [2.75, 3.05) is 11.4 Å². The summed E-state index contributed by atoms with van der Waals surface area (Å²) in [4.78, 5) is 18.6. The van der Waals surface area contributed by atoms with Crippen LogP contribution in [-0.2, 0) is 11.2 Å². The van der Waals surface area contributed by atoms with Gasteiger partial charge in [-0.25, -0.2) is 4.98 Å². The van der Waals surface area contributed by atoms with Gasteiger partial charge in [0, 0.05) is 24.0 Å². The van der Waals surface area contributed by atoms with Gasteiger partial charge >= 0.3 is 0 Å². The van der Waals surface area contributed by atoms with Gasteiger partial charge < -0.3 is 0 Å². The molecule has 0 unspecified atom stereocenters. The highest BCUT2D eigenvalue weighted by atomic mass is 32.1. The van der Waals surface area contributed by atoms with Gasteiger partial charge in [0.05, 0.1) is 0 Å². The zero-order valence-corrected chi connectivity index (χ0v) is 8.43. The lowest BCUT2D eigenvalue weighted by molar-refractivity contribution is -0.117. The third kappa shape index (κ3) is 1.58. The molecular formula is C9H12N2OS. The Balaban J connectivity index is 2.19. The van der Waals surface area contributed by atoms with Crippen molar-refractivity contribution in [3.8, 4) is 0 Å². The van der Waals surface area contributed by atoms with Crippen LogP contribution in [-0.4, -0.2) is 17.4 Å². The van der Waals surface area contributed by atoms with Gasteiger partial charge in [-0.2, -0.15) is 0 Å². The Bertz CT molecular complexity index is 321. The van der Waals surface area contributed by atoms with Gasteiger partial charge in [0.2, 0.25) is 5.91 Å². The maximum absolute atomic E-state index is 11.4. The van der Waals surface area contributed by atoms with E-state index in [-0.39, 0.29) is 5.91 Å². The first-order valence-electron chi connectivity index (χ1n) is 4.56. The molecule has 0 N–H and O–H groups in total. The molecule has 1 saturated heterocycles. The van der Waals surface area contributed by atoms with E-state index in [1.54, 1.807) is 16.2 Å². The van der Waals surface area contributed by atoms with Gasteiger partial charge in [-0.15, -0.1) is 11.3 Å². The van der Waals surface area contributed by atoms with Crippen molar-refractivity contribution < 1.29 is 4.79 Å². The average Bonchev–Trinajstić information content (AvgIpc) is 2.71. The quantitative estimate of drug-likeness (QED) is 0.723. The summed E-state index contributed by atoms with van der Waals surface area (Å²) in [6, 6.07) is 0. The molecule has 0 spiro atoms. The molecule has 0 radical (unpaired) electrons. The zero-order valence-electron chi connectivity index (χ0n) is 7.62. The second-order valence-corrected chi connectivity index (χ2v) is 4.21. The number of anilines is 1. The predicted octanol–water partition coefficient (Wildman–Crippen LogP) is 1.83. The van der Waals surface area contributed by atoms with Crippen LogP contribution in [0, 0.1) is 0 Å². The molecule has 70 valence electrons. The molecule has 0 atom stereocenters. The Morgan fingerprint density at radius 1 is 1.69 bits per heavy atom. The van der Waals surface area contributed by atoms with Gasteiger partial charge in [0.25, 0.3) is 0 Å². The van der Waals surface area contributed by atoms with Crippen LogP contribution in [0.25, 0.3) is 0 Å². The number of aromatic nitrogens is 1. The van der Waals surface area contributed by atoms with Crippen molar-refractivity contribution in [2.24, 2.45) is 0 Å². The van der Waals surface area contributed by atoms with E-state index < -0.39 is 0 Å². The number of rotatable bonds is 2. The van der Waals surface area contributed by atoms with Crippen LogP contribution >= 0.6 is 11.3 Å². The third-order valence-corrected chi connectivity index (χ3v) is 3.36. The second kappa shape index (κ2) is 3.46. The van der Waals surface area contributed by atoms with Crippen LogP contribution in [0.5, 0.6) is 0 Å². The Hall–Kier alpha value is -0.900. The van der Waals surface area contributed by atoms with Crippen LogP contribution in [0.15, 0.2) is 6.20 Å². The molecule has 4 heteroatoms. The van der Waals surface area contributed by atoms with Crippen molar-refractivity contribution in [1.82, 2.24) is 4.98 Å². The smallest absolute Gasteiger partial charge is 0.228 e. The first-order chi connectivity index (χ1) is 6.31. The highest BCUT2D eigenvalue weighted by Crippen LogP contribution is 2.26. The van der Waals surface area contributed by atoms with Gasteiger partial charge in [0.1, 0.15) is 0 Å². The molecule has 1 aromatic heterocycles. The van der Waals surface area contributed by atoms with E-state index >= 15 is 0 Å². The Kier molecular flexibility index (Phi) is 2.31. The number of hydrogen-bond acceptors (Lipinski definition) is 3. The molecule has 2 rings (SSSR count). The maximum atomic E-state index is 11.4. The molecular weight excluding hydrogens is 184 g/mol. The maximum Gasteiger partial charge on any atom is 0.228 e. The molecule has 0 aromatic carbocycles. The van der Waals surface area contributed by atoms with Crippen LogP contribution in [0.2, 0.25) is 0 Å². The lowest BCUT2D eigenvalue weighted by atomic mass is 10.4. The average molecular weight is 196 g/mol. The fourth-order valence-corrected chi connectivity index (χ4v) is 2.33. The minimum atomic E-state index is 0.219. The van der Waals surface area contributed by atoms with E-state index in [0.29, 0.717) is 6.42 Å². The van der Waals surface area contributed by atoms with Crippen molar-refractivity contribution >= 4 is 22.4 Å². The monoisotopic (exact) mass is 196 g/mol. The summed E-state index contributed by atoms with van der Waals surface area (Å²) in [6.45, 7) is 2.94. The lowest BCUT2D eigenvalue weighted by Gasteiger charge is -2.09. The number of hydrogen-bond donors (Lipinski definition) is 0. The Morgan fingerprint density at radius 2 is 2.54 bits per heavy atom. The summed E-state index contributed by atoms with van der Waals surface area (Å²) in [7, 11) is 0. The fraction of sp³-hybridized carbons (Fsp3) is 0.556. The first-order valence-corrected chi connectivity index (χ1v) is 5.38. The van der Waals surface area contributed by atoms with Crippen LogP contribution in [0.4, 0.5) is 5.13 Å². The van der Waals surface area contributed by atoms with Gasteiger partial charge in [-0.1, -0.05) is 6.92 Å². The van der Waals surface area contributed by atoms with E-state index in [2.05, 4.69) is 11.9 Å². The van der Waals surface area contributed by atoms with Crippen molar-refractivity contribution in [2.45, 2.75) is 26.2 Å². The summed E-state index contributed by atoms with van der Waals surface area (Å²) < 4.78 is 0. The number of aryl methyl sites for hydroxylation is 1. The summed E-state index contributed by atoms with van der Waals surface area (Å²) in [6.07, 6.45) is 4.52. The number of amides is 1. The number of carbonyl (C=O) groups excluding carboxylic acids is 1. The SMILES string of the molecule is CCc1cnc(N2CCCC2=O)s1. The molecule has 1 fully saturated rings. The molecule has 1 aromatic rings. The molecule has 0 bridgehead atoms. The molecule has 1 amide bonds. The van der Waals surface area contributed by atoms with Crippen molar-refractivity contribution in [1.29, 1.82) is 0 Å². The molecule has 13 heavy (non-hydrogen) atoms. The Labute approximate surface area is 81.4 Å². The van der Waals surface area contributed by atoms with Crippen LogP contribution < -0.4 is 4.90 Å². The van der Waals surface area contributed by atoms with E-state index in [9.17, 15) is 4.79 Å². The molecule has 2 heterocycles. The summed E-state index contributed by atoms with van der Waals surface area (Å²) in [5.74, 6) is 0.219. The van der Waals surface area contributed by atoms with E-state index in [1.807, 2.05) is 6.20 Å². The molecule has 0 saturated carbocycles. The molecule has 1 aliphatic rings. The van der Waals surface area contributed by atoms with Crippen molar-refractivity contribution in [3.63, 3.8) is 0 Å². The summed E-state index contributed by atoms with van der Waals surface area (Å²) in [5, 5.41) is 0.874. The normalized spacial score (nSPS) is 17.0. The Morgan fingerprint density at radius 3 is 3.08 bits per heavy atom. The third-order valence-electron chi connectivity index (χ3n) is 2.19. The number of carbonyl (C=O) groups is 1. The number of nitrogens with zero attached hydrogens (tertiary/aromatic N) is 2. The van der Waals surface area contributed by atoms with E-state index in [1.165, 1.54) is 4.88 Å². The molecule has 1 aliphatic heterocycles. The molecule has 3 nitrogen and oxygen atoms in total. The topological polar surface area (TPSA) is 33.2 Å². The number of thiazole rings is 1. The summed E-state index contributed by atoms with van der Waals surface area (Å²) >= 11 is 1.63. The van der Waals surface area contributed by atoms with E-state index in [4.69, 9.17) is 0 Å². The van der Waals surface area contributed by atoms with Crippen molar-refractivity contribution in [3.05, 3.63) is 11.1 Å². The largest absolute Gasteiger partial charge is 0.288 e. The lowest BCUT2D eigenvalue weighted by Crippen LogP contribution is -2.23. The first kappa shape index (κ1) is 8.69. The minimum absolute atomic E-state index is 0.219. The summed E-state index contributed by atoms with van der Waals surface area (Å²) in [5.41, 5.74) is 0. The zero-order chi connectivity index (χ0) is 9.26. The predicted molar refractivity (Wildman–Crippen MR) is 53.1 cm³/mol. The van der Waals surface area contributed by atoms with Crippen LogP contribution in [0.1, 0.15) is 24.6 Å². The second-order valence-electron chi connectivity index (χ2n) is 3.11.